The topological polar surface area (TPSA) is 0 Å². The Morgan fingerprint density at radius 3 is 2.14 bits per heavy atom. The molecule has 0 fully saturated rings. The predicted molar refractivity (Wildman–Crippen MR) is 34.9 cm³/mol. The van der Waals surface area contributed by atoms with Gasteiger partial charge >= 0.3 is 0 Å². The van der Waals surface area contributed by atoms with Crippen molar-refractivity contribution in [3.63, 3.8) is 0 Å². The van der Waals surface area contributed by atoms with Crippen LogP contribution in [0.25, 0.3) is 0 Å². The Bertz CT molecular complexity index is 70.1. The number of hydrogen-bond donors (Lipinski definition) is 0. The van der Waals surface area contributed by atoms with Gasteiger partial charge in [-0.1, -0.05) is 17.7 Å². The Morgan fingerprint density at radius 1 is 1.71 bits per heavy atom. The Kier molecular flexibility index (Phi) is 3.49. The minimum Gasteiger partial charge on any atom is -0.119 e. The molecule has 0 aromatic heterocycles. The van der Waals surface area contributed by atoms with Gasteiger partial charge < -0.3 is 0 Å². The largest absolute Gasteiger partial charge is 0.119 e. The summed E-state index contributed by atoms with van der Waals surface area (Å²) >= 11 is 11.0. The molecule has 0 aliphatic carbocycles. The van der Waals surface area contributed by atoms with Crippen LogP contribution < -0.4 is 0 Å². The van der Waals surface area contributed by atoms with Gasteiger partial charge in [0.1, 0.15) is 0 Å². The smallest absolute Gasteiger partial charge is 0.0501 e. The molecule has 0 heterocycles. The van der Waals surface area contributed by atoms with Gasteiger partial charge in [0.25, 0.3) is 0 Å². The molecular formula is C5H8Cl2. The molecule has 2 heteroatoms. The first-order valence-corrected chi connectivity index (χ1v) is 2.92. The fourth-order valence-corrected chi connectivity index (χ4v) is 0.759. The molecule has 0 N–H and O–H groups in total. The van der Waals surface area contributed by atoms with Gasteiger partial charge in [-0.3, -0.25) is 0 Å². The highest BCUT2D eigenvalue weighted by atomic mass is 35.5. The van der Waals surface area contributed by atoms with E-state index in [0.717, 1.165) is 5.03 Å². The maximum atomic E-state index is 5.51. The summed E-state index contributed by atoms with van der Waals surface area (Å²) in [5, 5.41) is 0.806. The average molecular weight is 139 g/mol. The molecule has 0 saturated heterocycles. The highest BCUT2D eigenvalue weighted by Crippen LogP contribution is 2.03. The van der Waals surface area contributed by atoms with Gasteiger partial charge in [0, 0.05) is 5.03 Å². The van der Waals surface area contributed by atoms with Crippen LogP contribution in [-0.4, -0.2) is 5.38 Å². The average Bonchev–Trinajstić information content (AvgIpc) is 1.27. The summed E-state index contributed by atoms with van der Waals surface area (Å²) in [5.74, 6) is 0. The van der Waals surface area contributed by atoms with Gasteiger partial charge in [-0.15, -0.1) is 11.6 Å². The Hall–Kier alpha value is 0.320. The molecule has 0 bridgehead atoms. The second-order valence-corrected chi connectivity index (χ2v) is 2.72. The number of alkyl halides is 1. The standard InChI is InChI=1S/C5H8Cl2/c1-4(6)3-5(2)7/h3-4H,1-2H3/b5-3+. The van der Waals surface area contributed by atoms with Crippen molar-refractivity contribution in [1.82, 2.24) is 0 Å². The molecule has 0 radical (unpaired) electrons. The molecular weight excluding hydrogens is 131 g/mol. The second kappa shape index (κ2) is 3.34. The minimum absolute atomic E-state index is 0.0532. The fourth-order valence-electron chi connectivity index (χ4n) is 0.316. The lowest BCUT2D eigenvalue weighted by Crippen LogP contribution is -1.80. The van der Waals surface area contributed by atoms with Crippen molar-refractivity contribution in [1.29, 1.82) is 0 Å². The lowest BCUT2D eigenvalue weighted by Gasteiger charge is -1.88. The van der Waals surface area contributed by atoms with Crippen molar-refractivity contribution < 1.29 is 0 Å². The molecule has 0 saturated carbocycles. The van der Waals surface area contributed by atoms with Crippen LogP contribution in [0, 0.1) is 0 Å². The van der Waals surface area contributed by atoms with Crippen LogP contribution >= 0.6 is 23.2 Å². The zero-order valence-electron chi connectivity index (χ0n) is 4.41. The van der Waals surface area contributed by atoms with Crippen molar-refractivity contribution in [2.45, 2.75) is 19.2 Å². The Labute approximate surface area is 54.1 Å². The van der Waals surface area contributed by atoms with Crippen LogP contribution in [0.5, 0.6) is 0 Å². The summed E-state index contributed by atoms with van der Waals surface area (Å²) in [5.41, 5.74) is 0. The number of allylic oxidation sites excluding steroid dienone is 2. The van der Waals surface area contributed by atoms with Crippen LogP contribution in [0.2, 0.25) is 0 Å². The molecule has 0 aliphatic heterocycles. The molecule has 0 amide bonds. The lowest BCUT2D eigenvalue weighted by molar-refractivity contribution is 1.22. The first kappa shape index (κ1) is 7.32. The molecule has 7 heavy (non-hydrogen) atoms. The second-order valence-electron chi connectivity index (χ2n) is 1.43. The van der Waals surface area contributed by atoms with E-state index in [1.807, 2.05) is 6.92 Å². The van der Waals surface area contributed by atoms with Crippen LogP contribution in [0.4, 0.5) is 0 Å². The van der Waals surface area contributed by atoms with Gasteiger partial charge in [0.2, 0.25) is 0 Å². The van der Waals surface area contributed by atoms with Crippen LogP contribution in [0.3, 0.4) is 0 Å². The third-order valence-corrected chi connectivity index (χ3v) is 0.711. The van der Waals surface area contributed by atoms with Crippen LogP contribution in [0.15, 0.2) is 11.1 Å². The number of halogens is 2. The van der Waals surface area contributed by atoms with Gasteiger partial charge in [-0.2, -0.15) is 0 Å². The Morgan fingerprint density at radius 2 is 2.14 bits per heavy atom. The summed E-state index contributed by atoms with van der Waals surface area (Å²) in [4.78, 5) is 0. The maximum Gasteiger partial charge on any atom is 0.0501 e. The number of rotatable bonds is 1. The third-order valence-electron chi connectivity index (χ3n) is 0.459. The summed E-state index contributed by atoms with van der Waals surface area (Å²) in [7, 11) is 0. The summed E-state index contributed by atoms with van der Waals surface area (Å²) in [6.45, 7) is 3.67. The molecule has 0 rings (SSSR count). The van der Waals surface area contributed by atoms with Crippen molar-refractivity contribution in [2.24, 2.45) is 0 Å². The van der Waals surface area contributed by atoms with Crippen molar-refractivity contribution >= 4 is 23.2 Å². The van der Waals surface area contributed by atoms with Crippen LogP contribution in [0.1, 0.15) is 13.8 Å². The van der Waals surface area contributed by atoms with E-state index in [-0.39, 0.29) is 5.38 Å². The van der Waals surface area contributed by atoms with Crippen molar-refractivity contribution in [3.05, 3.63) is 11.1 Å². The SMILES string of the molecule is C/C(Cl)=C\C(C)Cl. The highest BCUT2D eigenvalue weighted by Gasteiger charge is 1.86. The first-order chi connectivity index (χ1) is 3.13. The molecule has 42 valence electrons. The van der Waals surface area contributed by atoms with Gasteiger partial charge in [-0.25, -0.2) is 0 Å². The summed E-state index contributed by atoms with van der Waals surface area (Å²) in [6, 6.07) is 0. The molecule has 0 nitrogen and oxygen atoms in total. The fraction of sp³-hybridized carbons (Fsp3) is 0.600. The molecule has 0 aromatic carbocycles. The van der Waals surface area contributed by atoms with E-state index in [0.29, 0.717) is 0 Å². The van der Waals surface area contributed by atoms with E-state index in [1.165, 1.54) is 0 Å². The van der Waals surface area contributed by atoms with Crippen molar-refractivity contribution in [2.75, 3.05) is 0 Å². The monoisotopic (exact) mass is 138 g/mol. The predicted octanol–water partition coefficient (Wildman–Crippen LogP) is 2.76. The lowest BCUT2D eigenvalue weighted by atomic mass is 10.4. The van der Waals surface area contributed by atoms with Gasteiger partial charge in [-0.05, 0) is 13.8 Å². The van der Waals surface area contributed by atoms with E-state index in [1.54, 1.807) is 13.0 Å². The maximum absolute atomic E-state index is 5.51. The van der Waals surface area contributed by atoms with Gasteiger partial charge in [0.15, 0.2) is 0 Å². The molecule has 1 atom stereocenters. The van der Waals surface area contributed by atoms with Crippen molar-refractivity contribution in [3.8, 4) is 0 Å². The Balaban J connectivity index is 3.45. The van der Waals surface area contributed by atoms with E-state index < -0.39 is 0 Å². The third kappa shape index (κ3) is 6.32. The van der Waals surface area contributed by atoms with E-state index in [2.05, 4.69) is 0 Å². The zero-order valence-corrected chi connectivity index (χ0v) is 5.92. The van der Waals surface area contributed by atoms with Gasteiger partial charge in [0.05, 0.1) is 5.38 Å². The highest BCUT2D eigenvalue weighted by molar-refractivity contribution is 6.30. The van der Waals surface area contributed by atoms with Crippen LogP contribution in [-0.2, 0) is 0 Å². The minimum atomic E-state index is 0.0532. The van der Waals surface area contributed by atoms with E-state index in [9.17, 15) is 0 Å². The summed E-state index contributed by atoms with van der Waals surface area (Å²) < 4.78 is 0. The zero-order chi connectivity index (χ0) is 5.86. The quantitative estimate of drug-likeness (QED) is 0.490. The molecule has 1 unspecified atom stereocenters. The summed E-state index contributed by atoms with van der Waals surface area (Å²) in [6.07, 6.45) is 1.78. The van der Waals surface area contributed by atoms with E-state index >= 15 is 0 Å². The van der Waals surface area contributed by atoms with E-state index in [4.69, 9.17) is 23.2 Å². The molecule has 0 aromatic rings. The first-order valence-electron chi connectivity index (χ1n) is 2.11. The molecule has 0 aliphatic rings. The number of hydrogen-bond acceptors (Lipinski definition) is 0. The molecule has 0 spiro atoms. The normalized spacial score (nSPS) is 16.9.